The Balaban J connectivity index is 0.00000132. The quantitative estimate of drug-likeness (QED) is 0.867. The van der Waals surface area contributed by atoms with E-state index in [0.29, 0.717) is 6.04 Å². The molecule has 1 saturated heterocycles. The highest BCUT2D eigenvalue weighted by molar-refractivity contribution is 5.85. The summed E-state index contributed by atoms with van der Waals surface area (Å²) in [5, 5.41) is 3.51. The minimum Gasteiger partial charge on any atom is -0.315 e. The van der Waals surface area contributed by atoms with Gasteiger partial charge in [0.05, 0.1) is 6.04 Å². The fourth-order valence-electron chi connectivity index (χ4n) is 3.65. The van der Waals surface area contributed by atoms with Crippen LogP contribution in [0.4, 0.5) is 0 Å². The maximum absolute atomic E-state index is 3.51. The number of nitrogens with one attached hydrogen (secondary N) is 1. The van der Waals surface area contributed by atoms with Gasteiger partial charge in [-0.1, -0.05) is 48.5 Å². The Morgan fingerprint density at radius 2 is 1.43 bits per heavy atom. The molecule has 2 nitrogen and oxygen atoms in total. The Bertz CT molecular complexity index is 573. The molecule has 4 rings (SSSR count). The zero-order valence-electron chi connectivity index (χ0n) is 12.1. The second-order valence-corrected chi connectivity index (χ2v) is 5.72. The molecule has 1 N–H and O–H groups in total. The van der Waals surface area contributed by atoms with Crippen molar-refractivity contribution >= 4 is 12.4 Å². The Hall–Kier alpha value is -1.35. The van der Waals surface area contributed by atoms with Crippen molar-refractivity contribution in [2.24, 2.45) is 0 Å². The molecule has 1 aliphatic carbocycles. The van der Waals surface area contributed by atoms with Crippen molar-refractivity contribution in [3.05, 3.63) is 59.7 Å². The van der Waals surface area contributed by atoms with Crippen LogP contribution in [0.25, 0.3) is 11.1 Å². The van der Waals surface area contributed by atoms with Gasteiger partial charge in [0.15, 0.2) is 0 Å². The van der Waals surface area contributed by atoms with Crippen molar-refractivity contribution in [2.45, 2.75) is 12.5 Å². The van der Waals surface area contributed by atoms with Crippen LogP contribution in [-0.2, 0) is 0 Å². The molecule has 0 radical (unpaired) electrons. The number of benzene rings is 2. The molecule has 2 aromatic carbocycles. The largest absolute Gasteiger partial charge is 0.315 e. The second-order valence-electron chi connectivity index (χ2n) is 5.72. The molecule has 1 heterocycles. The lowest BCUT2D eigenvalue weighted by Gasteiger charge is -2.28. The second kappa shape index (κ2) is 6.18. The summed E-state index contributed by atoms with van der Waals surface area (Å²) in [6, 6.07) is 18.2. The van der Waals surface area contributed by atoms with Crippen LogP contribution in [0.1, 0.15) is 23.6 Å². The lowest BCUT2D eigenvalue weighted by atomic mass is 10.0. The number of hydrogen-bond donors (Lipinski definition) is 1. The van der Waals surface area contributed by atoms with Gasteiger partial charge in [-0.25, -0.2) is 0 Å². The molecule has 110 valence electrons. The van der Waals surface area contributed by atoms with E-state index >= 15 is 0 Å². The summed E-state index contributed by atoms with van der Waals surface area (Å²) in [5.74, 6) is 0. The number of hydrogen-bond acceptors (Lipinski definition) is 2. The molecule has 0 unspecified atom stereocenters. The summed E-state index contributed by atoms with van der Waals surface area (Å²) < 4.78 is 0. The van der Waals surface area contributed by atoms with Gasteiger partial charge in [0.1, 0.15) is 0 Å². The van der Waals surface area contributed by atoms with Gasteiger partial charge >= 0.3 is 0 Å². The molecule has 2 aliphatic rings. The normalized spacial score (nSPS) is 18.5. The summed E-state index contributed by atoms with van der Waals surface area (Å²) in [6.07, 6.45) is 1.24. The lowest BCUT2D eigenvalue weighted by molar-refractivity contribution is 0.244. The first kappa shape index (κ1) is 14.6. The van der Waals surface area contributed by atoms with Crippen molar-refractivity contribution in [3.8, 4) is 11.1 Å². The van der Waals surface area contributed by atoms with Gasteiger partial charge in [0, 0.05) is 19.6 Å². The van der Waals surface area contributed by atoms with Crippen LogP contribution >= 0.6 is 12.4 Å². The first-order valence-corrected chi connectivity index (χ1v) is 7.58. The van der Waals surface area contributed by atoms with Crippen LogP contribution in [0.15, 0.2) is 48.5 Å². The molecule has 1 aliphatic heterocycles. The number of nitrogens with zero attached hydrogens (tertiary/aromatic N) is 1. The average Bonchev–Trinajstić information content (AvgIpc) is 2.65. The van der Waals surface area contributed by atoms with Crippen LogP contribution in [0.5, 0.6) is 0 Å². The summed E-state index contributed by atoms with van der Waals surface area (Å²) in [4.78, 5) is 2.64. The van der Waals surface area contributed by atoms with E-state index < -0.39 is 0 Å². The monoisotopic (exact) mass is 300 g/mol. The van der Waals surface area contributed by atoms with Crippen LogP contribution in [0.3, 0.4) is 0 Å². The van der Waals surface area contributed by atoms with E-state index in [4.69, 9.17) is 0 Å². The van der Waals surface area contributed by atoms with E-state index in [1.165, 1.54) is 35.2 Å². The van der Waals surface area contributed by atoms with E-state index in [-0.39, 0.29) is 12.4 Å². The van der Waals surface area contributed by atoms with Crippen molar-refractivity contribution in [3.63, 3.8) is 0 Å². The molecule has 0 saturated carbocycles. The molecule has 1 fully saturated rings. The lowest BCUT2D eigenvalue weighted by Crippen LogP contribution is -2.32. The first-order valence-electron chi connectivity index (χ1n) is 7.58. The number of fused-ring (bicyclic) bond motifs is 3. The third kappa shape index (κ3) is 2.48. The maximum Gasteiger partial charge on any atom is 0.0614 e. The summed E-state index contributed by atoms with van der Waals surface area (Å²) in [5.41, 5.74) is 5.81. The highest BCUT2D eigenvalue weighted by atomic mass is 35.5. The van der Waals surface area contributed by atoms with Crippen molar-refractivity contribution in [1.82, 2.24) is 10.2 Å². The Labute approximate surface area is 132 Å². The van der Waals surface area contributed by atoms with Gasteiger partial charge in [-0.05, 0) is 35.2 Å². The third-order valence-corrected chi connectivity index (χ3v) is 4.54. The molecule has 0 spiro atoms. The minimum absolute atomic E-state index is 0. The fourth-order valence-corrected chi connectivity index (χ4v) is 3.65. The summed E-state index contributed by atoms with van der Waals surface area (Å²) in [7, 11) is 0. The third-order valence-electron chi connectivity index (χ3n) is 4.54. The number of rotatable bonds is 1. The molecule has 2 aromatic rings. The SMILES string of the molecule is Cl.c1ccc2c(c1)-c1ccccc1C2N1CCCNCC1. The first-order chi connectivity index (χ1) is 9.95. The van der Waals surface area contributed by atoms with E-state index in [9.17, 15) is 0 Å². The van der Waals surface area contributed by atoms with Gasteiger partial charge in [-0.3, -0.25) is 4.90 Å². The highest BCUT2D eigenvalue weighted by Gasteiger charge is 2.32. The zero-order chi connectivity index (χ0) is 13.4. The van der Waals surface area contributed by atoms with Crippen LogP contribution < -0.4 is 5.32 Å². The van der Waals surface area contributed by atoms with E-state index in [1.54, 1.807) is 0 Å². The summed E-state index contributed by atoms with van der Waals surface area (Å²) in [6.45, 7) is 4.56. The molecule has 0 amide bonds. The molecule has 21 heavy (non-hydrogen) atoms. The van der Waals surface area contributed by atoms with Gasteiger partial charge < -0.3 is 5.32 Å². The van der Waals surface area contributed by atoms with Crippen molar-refractivity contribution in [1.29, 1.82) is 0 Å². The van der Waals surface area contributed by atoms with Crippen LogP contribution in [-0.4, -0.2) is 31.1 Å². The van der Waals surface area contributed by atoms with E-state index in [2.05, 4.69) is 58.7 Å². The Morgan fingerprint density at radius 3 is 2.10 bits per heavy atom. The topological polar surface area (TPSA) is 15.3 Å². The zero-order valence-corrected chi connectivity index (χ0v) is 12.9. The van der Waals surface area contributed by atoms with Crippen molar-refractivity contribution < 1.29 is 0 Å². The van der Waals surface area contributed by atoms with Gasteiger partial charge in [0.2, 0.25) is 0 Å². The fraction of sp³-hybridized carbons (Fsp3) is 0.333. The van der Waals surface area contributed by atoms with Crippen molar-refractivity contribution in [2.75, 3.05) is 26.2 Å². The Morgan fingerprint density at radius 1 is 0.810 bits per heavy atom. The molecular weight excluding hydrogens is 280 g/mol. The molecular formula is C18H21ClN2. The molecule has 0 aromatic heterocycles. The predicted molar refractivity (Wildman–Crippen MR) is 90.0 cm³/mol. The average molecular weight is 301 g/mol. The molecule has 0 atom stereocenters. The van der Waals surface area contributed by atoms with E-state index in [0.717, 1.165) is 19.6 Å². The van der Waals surface area contributed by atoms with E-state index in [1.807, 2.05) is 0 Å². The highest BCUT2D eigenvalue weighted by Crippen LogP contribution is 2.46. The predicted octanol–water partition coefficient (Wildman–Crippen LogP) is 3.47. The minimum atomic E-state index is 0. The van der Waals surface area contributed by atoms with Gasteiger partial charge in [0.25, 0.3) is 0 Å². The maximum atomic E-state index is 3.51. The Kier molecular flexibility index (Phi) is 4.29. The van der Waals surface area contributed by atoms with Crippen LogP contribution in [0, 0.1) is 0 Å². The molecule has 0 bridgehead atoms. The smallest absolute Gasteiger partial charge is 0.0614 e. The standard InChI is InChI=1S/C18H20N2.ClH/c1-3-8-16-14(6-1)15-7-2-4-9-17(15)18(16)20-12-5-10-19-11-13-20;/h1-4,6-9,18-19H,5,10-13H2;1H. The van der Waals surface area contributed by atoms with Gasteiger partial charge in [-0.15, -0.1) is 12.4 Å². The summed E-state index contributed by atoms with van der Waals surface area (Å²) >= 11 is 0. The van der Waals surface area contributed by atoms with Crippen LogP contribution in [0.2, 0.25) is 0 Å². The van der Waals surface area contributed by atoms with Gasteiger partial charge in [-0.2, -0.15) is 0 Å². The molecule has 3 heteroatoms. The number of halogens is 1.